The number of anilines is 1. The van der Waals surface area contributed by atoms with E-state index in [0.29, 0.717) is 17.3 Å². The van der Waals surface area contributed by atoms with Crippen molar-refractivity contribution < 1.29 is 14.3 Å². The molecular formula is C15H18ClN3O3. The number of rotatable bonds is 7. The first-order chi connectivity index (χ1) is 10.5. The second-order valence-electron chi connectivity index (χ2n) is 4.35. The summed E-state index contributed by atoms with van der Waals surface area (Å²) < 4.78 is 9.98. The van der Waals surface area contributed by atoms with Crippen LogP contribution >= 0.6 is 11.6 Å². The van der Waals surface area contributed by atoms with Crippen LogP contribution in [-0.4, -0.2) is 33.0 Å². The van der Waals surface area contributed by atoms with E-state index in [0.717, 1.165) is 5.56 Å². The highest BCUT2D eigenvalue weighted by atomic mass is 35.5. The summed E-state index contributed by atoms with van der Waals surface area (Å²) in [5, 5.41) is 15.1. The molecule has 1 aromatic rings. The molecule has 0 radical (unpaired) electrons. The van der Waals surface area contributed by atoms with Gasteiger partial charge in [0.25, 0.3) is 5.91 Å². The first-order valence-electron chi connectivity index (χ1n) is 6.49. The lowest BCUT2D eigenvalue weighted by atomic mass is 10.2. The van der Waals surface area contributed by atoms with E-state index >= 15 is 0 Å². The van der Waals surface area contributed by atoms with Gasteiger partial charge >= 0.3 is 0 Å². The van der Waals surface area contributed by atoms with Crippen molar-refractivity contribution in [1.29, 1.82) is 5.26 Å². The van der Waals surface area contributed by atoms with E-state index in [-0.39, 0.29) is 5.57 Å². The van der Waals surface area contributed by atoms with Crippen molar-refractivity contribution >= 4 is 23.2 Å². The summed E-state index contributed by atoms with van der Waals surface area (Å²) >= 11 is 5.99. The number of carbonyl (C=O) groups excluding carboxylic acids is 1. The molecule has 22 heavy (non-hydrogen) atoms. The monoisotopic (exact) mass is 323 g/mol. The molecule has 0 aliphatic carbocycles. The maximum Gasteiger partial charge on any atom is 0.267 e. The number of benzene rings is 1. The Morgan fingerprint density at radius 3 is 2.73 bits per heavy atom. The van der Waals surface area contributed by atoms with Gasteiger partial charge in [0, 0.05) is 31.1 Å². The molecule has 7 heteroatoms. The van der Waals surface area contributed by atoms with Crippen LogP contribution in [0.4, 0.5) is 5.69 Å². The molecule has 118 valence electrons. The zero-order chi connectivity index (χ0) is 16.5. The molecule has 0 heterocycles. The third-order valence-electron chi connectivity index (χ3n) is 2.94. The molecule has 0 bridgehead atoms. The molecule has 0 aliphatic heterocycles. The van der Waals surface area contributed by atoms with Gasteiger partial charge in [-0.25, -0.2) is 0 Å². The lowest BCUT2D eigenvalue weighted by Gasteiger charge is -2.13. The number of halogens is 1. The third kappa shape index (κ3) is 5.04. The van der Waals surface area contributed by atoms with E-state index in [1.54, 1.807) is 25.1 Å². The highest BCUT2D eigenvalue weighted by Gasteiger charge is 2.12. The number of hydrogen-bond acceptors (Lipinski definition) is 5. The van der Waals surface area contributed by atoms with Gasteiger partial charge in [-0.2, -0.15) is 5.26 Å². The number of nitrogens with zero attached hydrogens (tertiary/aromatic N) is 1. The molecule has 0 aliphatic rings. The fourth-order valence-corrected chi connectivity index (χ4v) is 1.78. The summed E-state index contributed by atoms with van der Waals surface area (Å²) in [6.07, 6.45) is 0.856. The van der Waals surface area contributed by atoms with Crippen molar-refractivity contribution in [2.75, 3.05) is 26.1 Å². The zero-order valence-electron chi connectivity index (χ0n) is 12.6. The van der Waals surface area contributed by atoms with E-state index in [9.17, 15) is 4.79 Å². The Balaban J connectivity index is 2.72. The van der Waals surface area contributed by atoms with Crippen LogP contribution in [0.15, 0.2) is 30.0 Å². The number of hydrogen-bond donors (Lipinski definition) is 2. The predicted octanol–water partition coefficient (Wildman–Crippen LogP) is 2.20. The van der Waals surface area contributed by atoms with Crippen LogP contribution in [0.3, 0.4) is 0 Å². The maximum atomic E-state index is 12.1. The first-order valence-corrected chi connectivity index (χ1v) is 6.87. The minimum atomic E-state index is -0.522. The Kier molecular flexibility index (Phi) is 7.40. The van der Waals surface area contributed by atoms with Gasteiger partial charge in [0.1, 0.15) is 11.6 Å². The summed E-state index contributed by atoms with van der Waals surface area (Å²) in [6, 6.07) is 7.00. The average molecular weight is 324 g/mol. The highest BCUT2D eigenvalue weighted by Crippen LogP contribution is 2.23. The standard InChI is InChI=1S/C15H18ClN3O3/c1-10-12(16)5-4-6-13(10)19-15(20)11(7-17)8-18-9-14(21-2)22-3/h4-6,8,14,18H,9H2,1-3H3,(H,19,20)/b11-8-. The summed E-state index contributed by atoms with van der Waals surface area (Å²) in [4.78, 5) is 12.1. The maximum absolute atomic E-state index is 12.1. The molecule has 0 unspecified atom stereocenters. The summed E-state index contributed by atoms with van der Waals surface area (Å²) in [5.74, 6) is -0.522. The molecule has 2 N–H and O–H groups in total. The smallest absolute Gasteiger partial charge is 0.267 e. The molecular weight excluding hydrogens is 306 g/mol. The summed E-state index contributed by atoms with van der Waals surface area (Å²) in [7, 11) is 3.00. The minimum absolute atomic E-state index is 0.0645. The fraction of sp³-hybridized carbons (Fsp3) is 0.333. The van der Waals surface area contributed by atoms with Gasteiger partial charge in [0.05, 0.1) is 6.54 Å². The lowest BCUT2D eigenvalue weighted by Crippen LogP contribution is -2.27. The fourth-order valence-electron chi connectivity index (χ4n) is 1.60. The predicted molar refractivity (Wildman–Crippen MR) is 84.3 cm³/mol. The van der Waals surface area contributed by atoms with Crippen LogP contribution < -0.4 is 10.6 Å². The number of nitriles is 1. The van der Waals surface area contributed by atoms with Crippen LogP contribution in [0.25, 0.3) is 0 Å². The Labute approximate surface area is 134 Å². The number of ether oxygens (including phenoxy) is 2. The number of methoxy groups -OCH3 is 2. The Bertz CT molecular complexity index is 592. The first kappa shape index (κ1) is 18.0. The van der Waals surface area contributed by atoms with E-state index in [1.165, 1.54) is 20.4 Å². The molecule has 0 fully saturated rings. The van der Waals surface area contributed by atoms with Crippen molar-refractivity contribution in [1.82, 2.24) is 5.32 Å². The Hall–Kier alpha value is -2.07. The van der Waals surface area contributed by atoms with Crippen molar-refractivity contribution in [3.05, 3.63) is 40.6 Å². The molecule has 0 atom stereocenters. The van der Waals surface area contributed by atoms with Crippen LogP contribution in [0, 0.1) is 18.3 Å². The largest absolute Gasteiger partial charge is 0.385 e. The van der Waals surface area contributed by atoms with Crippen molar-refractivity contribution in [3.63, 3.8) is 0 Å². The van der Waals surface area contributed by atoms with Crippen LogP contribution in [0.2, 0.25) is 5.02 Å². The normalized spacial score (nSPS) is 11.2. The van der Waals surface area contributed by atoms with E-state index in [2.05, 4.69) is 10.6 Å². The average Bonchev–Trinajstić information content (AvgIpc) is 2.52. The molecule has 1 amide bonds. The molecule has 6 nitrogen and oxygen atoms in total. The van der Waals surface area contributed by atoms with Gasteiger partial charge in [0.2, 0.25) is 0 Å². The zero-order valence-corrected chi connectivity index (χ0v) is 13.4. The van der Waals surface area contributed by atoms with Gasteiger partial charge in [0.15, 0.2) is 6.29 Å². The minimum Gasteiger partial charge on any atom is -0.385 e. The highest BCUT2D eigenvalue weighted by molar-refractivity contribution is 6.31. The van der Waals surface area contributed by atoms with Crippen molar-refractivity contribution in [3.8, 4) is 6.07 Å². The van der Waals surface area contributed by atoms with Crippen LogP contribution in [0.1, 0.15) is 5.56 Å². The van der Waals surface area contributed by atoms with Crippen LogP contribution in [-0.2, 0) is 14.3 Å². The van der Waals surface area contributed by atoms with Gasteiger partial charge in [-0.15, -0.1) is 0 Å². The van der Waals surface area contributed by atoms with E-state index < -0.39 is 12.2 Å². The SMILES string of the molecule is COC(CN/C=C(/C#N)C(=O)Nc1cccc(Cl)c1C)OC. The van der Waals surface area contributed by atoms with Gasteiger partial charge in [-0.3, -0.25) is 4.79 Å². The third-order valence-corrected chi connectivity index (χ3v) is 3.35. The molecule has 1 rings (SSSR count). The van der Waals surface area contributed by atoms with Crippen molar-refractivity contribution in [2.24, 2.45) is 0 Å². The summed E-state index contributed by atoms with van der Waals surface area (Å²) in [5.41, 5.74) is 1.23. The molecule has 1 aromatic carbocycles. The van der Waals surface area contributed by atoms with Gasteiger partial charge < -0.3 is 20.1 Å². The van der Waals surface area contributed by atoms with E-state index in [4.69, 9.17) is 26.3 Å². The van der Waals surface area contributed by atoms with Gasteiger partial charge in [-0.1, -0.05) is 17.7 Å². The quantitative estimate of drug-likeness (QED) is 0.456. The summed E-state index contributed by atoms with van der Waals surface area (Å²) in [6.45, 7) is 2.09. The molecule has 0 spiro atoms. The number of nitrogens with one attached hydrogen (secondary N) is 2. The Morgan fingerprint density at radius 2 is 2.14 bits per heavy atom. The Morgan fingerprint density at radius 1 is 1.45 bits per heavy atom. The van der Waals surface area contributed by atoms with Gasteiger partial charge in [-0.05, 0) is 24.6 Å². The van der Waals surface area contributed by atoms with Crippen LogP contribution in [0.5, 0.6) is 0 Å². The topological polar surface area (TPSA) is 83.4 Å². The molecule has 0 saturated heterocycles. The second kappa shape index (κ2) is 9.05. The second-order valence-corrected chi connectivity index (χ2v) is 4.75. The molecule has 0 saturated carbocycles. The number of amides is 1. The lowest BCUT2D eigenvalue weighted by molar-refractivity contribution is -0.112. The number of carbonyl (C=O) groups is 1. The van der Waals surface area contributed by atoms with E-state index in [1.807, 2.05) is 6.07 Å². The molecule has 0 aromatic heterocycles. The van der Waals surface area contributed by atoms with Crippen molar-refractivity contribution in [2.45, 2.75) is 13.2 Å².